The Balaban J connectivity index is 1.64. The van der Waals surface area contributed by atoms with Gasteiger partial charge >= 0.3 is 0 Å². The maximum atomic E-state index is 5.96. The first-order chi connectivity index (χ1) is 11.6. The predicted molar refractivity (Wildman–Crippen MR) is 99.7 cm³/mol. The van der Waals surface area contributed by atoms with Gasteiger partial charge in [0.1, 0.15) is 5.75 Å². The van der Waals surface area contributed by atoms with Crippen LogP contribution < -0.4 is 15.8 Å². The summed E-state index contributed by atoms with van der Waals surface area (Å²) in [6.45, 7) is 3.11. The molecule has 2 aromatic rings. The molecule has 3 N–H and O–H groups in total. The van der Waals surface area contributed by atoms with Crippen molar-refractivity contribution in [2.45, 2.75) is 31.8 Å². The fourth-order valence-electron chi connectivity index (χ4n) is 3.10. The van der Waals surface area contributed by atoms with Gasteiger partial charge in [-0.25, -0.2) is 4.98 Å². The van der Waals surface area contributed by atoms with Gasteiger partial charge in [-0.2, -0.15) is 0 Å². The molecule has 0 amide bonds. The van der Waals surface area contributed by atoms with Crippen LogP contribution in [0.3, 0.4) is 0 Å². The number of anilines is 1. The highest BCUT2D eigenvalue weighted by molar-refractivity contribution is 7.15. The van der Waals surface area contributed by atoms with E-state index >= 15 is 0 Å². The minimum absolute atomic E-state index is 0.578. The highest BCUT2D eigenvalue weighted by Gasteiger charge is 2.17. The Bertz CT molecular complexity index is 665. The Labute approximate surface area is 147 Å². The third kappa shape index (κ3) is 4.47. The van der Waals surface area contributed by atoms with Gasteiger partial charge in [0.05, 0.1) is 12.8 Å². The van der Waals surface area contributed by atoms with Crippen molar-refractivity contribution in [1.82, 2.24) is 15.2 Å². The number of nitrogens with two attached hydrogens (primary N) is 1. The van der Waals surface area contributed by atoms with Crippen LogP contribution in [0.4, 0.5) is 5.13 Å². The van der Waals surface area contributed by atoms with E-state index in [9.17, 15) is 0 Å². The largest absolute Gasteiger partial charge is 0.497 e. The maximum Gasteiger partial charge on any atom is 0.180 e. The Morgan fingerprint density at radius 1 is 1.38 bits per heavy atom. The smallest absolute Gasteiger partial charge is 0.180 e. The minimum atomic E-state index is 0.578. The molecule has 1 aliphatic rings. The molecule has 0 atom stereocenters. The summed E-state index contributed by atoms with van der Waals surface area (Å²) in [5.74, 6) is 0.885. The van der Waals surface area contributed by atoms with E-state index in [0.717, 1.165) is 37.5 Å². The first kappa shape index (κ1) is 17.2. The van der Waals surface area contributed by atoms with Crippen molar-refractivity contribution in [1.29, 1.82) is 0 Å². The second-order valence-corrected chi connectivity index (χ2v) is 7.52. The van der Waals surface area contributed by atoms with Crippen molar-refractivity contribution in [2.75, 3.05) is 33.0 Å². The molecule has 130 valence electrons. The number of nitrogen functional groups attached to an aromatic ring is 1. The standard InChI is InChI=1S/C18H26N4OS/c1-22-8-6-14(7-9-22)20-12-16-17(24-18(19)21-16)11-13-4-3-5-15(10-13)23-2/h3-5,10,14,20H,6-9,11-12H2,1-2H3,(H2,19,21). The molecule has 1 aromatic carbocycles. The molecule has 1 fully saturated rings. The summed E-state index contributed by atoms with van der Waals surface area (Å²) in [6.07, 6.45) is 3.24. The number of ether oxygens (including phenoxy) is 1. The van der Waals surface area contributed by atoms with Crippen LogP contribution in [0.5, 0.6) is 5.75 Å². The molecule has 24 heavy (non-hydrogen) atoms. The van der Waals surface area contributed by atoms with E-state index in [-0.39, 0.29) is 0 Å². The van der Waals surface area contributed by atoms with Crippen molar-refractivity contribution in [3.8, 4) is 5.75 Å². The fourth-order valence-corrected chi connectivity index (χ4v) is 3.98. The molecule has 0 aliphatic carbocycles. The molecule has 0 spiro atoms. The van der Waals surface area contributed by atoms with Gasteiger partial charge in [0.2, 0.25) is 0 Å². The van der Waals surface area contributed by atoms with Crippen LogP contribution in [0.25, 0.3) is 0 Å². The summed E-state index contributed by atoms with van der Waals surface area (Å²) in [6, 6.07) is 8.76. The normalized spacial score (nSPS) is 16.4. The summed E-state index contributed by atoms with van der Waals surface area (Å²) in [7, 11) is 3.88. The summed E-state index contributed by atoms with van der Waals surface area (Å²) < 4.78 is 5.31. The molecule has 1 aliphatic heterocycles. The molecule has 2 heterocycles. The lowest BCUT2D eigenvalue weighted by molar-refractivity contribution is 0.233. The average Bonchev–Trinajstić information content (AvgIpc) is 2.94. The Morgan fingerprint density at radius 3 is 2.92 bits per heavy atom. The number of piperidine rings is 1. The Kier molecular flexibility index (Phi) is 5.71. The molecule has 0 bridgehead atoms. The van der Waals surface area contributed by atoms with Crippen LogP contribution in [-0.4, -0.2) is 43.2 Å². The van der Waals surface area contributed by atoms with Crippen LogP contribution in [0.15, 0.2) is 24.3 Å². The van der Waals surface area contributed by atoms with E-state index in [1.807, 2.05) is 12.1 Å². The summed E-state index contributed by atoms with van der Waals surface area (Å²) in [5, 5.41) is 4.30. The first-order valence-corrected chi connectivity index (χ1v) is 9.24. The van der Waals surface area contributed by atoms with E-state index in [1.54, 1.807) is 18.4 Å². The van der Waals surface area contributed by atoms with Crippen LogP contribution in [-0.2, 0) is 13.0 Å². The van der Waals surface area contributed by atoms with Gasteiger partial charge in [0, 0.05) is 23.9 Å². The number of nitrogens with zero attached hydrogens (tertiary/aromatic N) is 2. The van der Waals surface area contributed by atoms with E-state index in [0.29, 0.717) is 11.2 Å². The lowest BCUT2D eigenvalue weighted by Crippen LogP contribution is -2.40. The van der Waals surface area contributed by atoms with Gasteiger partial charge in [0.25, 0.3) is 0 Å². The van der Waals surface area contributed by atoms with Gasteiger partial charge in [-0.15, -0.1) is 11.3 Å². The molecular weight excluding hydrogens is 320 g/mol. The van der Waals surface area contributed by atoms with E-state index in [2.05, 4.69) is 34.4 Å². The Hall–Kier alpha value is -1.63. The molecule has 0 saturated carbocycles. The lowest BCUT2D eigenvalue weighted by Gasteiger charge is -2.29. The number of hydrogen-bond donors (Lipinski definition) is 2. The summed E-state index contributed by atoms with van der Waals surface area (Å²) in [5.41, 5.74) is 8.27. The third-order valence-corrected chi connectivity index (χ3v) is 5.50. The third-order valence-electron chi connectivity index (χ3n) is 4.57. The molecule has 1 saturated heterocycles. The number of likely N-dealkylation sites (tertiary alicyclic amines) is 1. The molecule has 1 aromatic heterocycles. The Morgan fingerprint density at radius 2 is 2.17 bits per heavy atom. The highest BCUT2D eigenvalue weighted by Crippen LogP contribution is 2.25. The molecule has 3 rings (SSSR count). The van der Waals surface area contributed by atoms with Crippen molar-refractivity contribution in [2.24, 2.45) is 0 Å². The van der Waals surface area contributed by atoms with Crippen LogP contribution in [0, 0.1) is 0 Å². The molecule has 5 nitrogen and oxygen atoms in total. The topological polar surface area (TPSA) is 63.4 Å². The van der Waals surface area contributed by atoms with Crippen molar-refractivity contribution < 1.29 is 4.74 Å². The van der Waals surface area contributed by atoms with Gasteiger partial charge in [-0.1, -0.05) is 12.1 Å². The zero-order chi connectivity index (χ0) is 16.9. The SMILES string of the molecule is COc1cccc(Cc2sc(N)nc2CNC2CCN(C)CC2)c1. The number of aromatic nitrogens is 1. The maximum absolute atomic E-state index is 5.96. The number of methoxy groups -OCH3 is 1. The molecule has 6 heteroatoms. The van der Waals surface area contributed by atoms with Crippen LogP contribution in [0.1, 0.15) is 29.0 Å². The number of hydrogen-bond acceptors (Lipinski definition) is 6. The lowest BCUT2D eigenvalue weighted by atomic mass is 10.1. The monoisotopic (exact) mass is 346 g/mol. The second kappa shape index (κ2) is 7.96. The van der Waals surface area contributed by atoms with Gasteiger partial charge in [0.15, 0.2) is 5.13 Å². The molecular formula is C18H26N4OS. The number of nitrogens with one attached hydrogen (secondary N) is 1. The van der Waals surface area contributed by atoms with Crippen molar-refractivity contribution in [3.05, 3.63) is 40.4 Å². The van der Waals surface area contributed by atoms with E-state index in [1.165, 1.54) is 23.3 Å². The van der Waals surface area contributed by atoms with Crippen LogP contribution in [0.2, 0.25) is 0 Å². The number of thiazole rings is 1. The second-order valence-electron chi connectivity index (χ2n) is 6.41. The average molecular weight is 347 g/mol. The minimum Gasteiger partial charge on any atom is -0.497 e. The van der Waals surface area contributed by atoms with Crippen molar-refractivity contribution in [3.63, 3.8) is 0 Å². The van der Waals surface area contributed by atoms with Gasteiger partial charge < -0.3 is 20.7 Å². The fraction of sp³-hybridized carbons (Fsp3) is 0.500. The molecule has 0 radical (unpaired) electrons. The predicted octanol–water partition coefficient (Wildman–Crippen LogP) is 2.51. The number of benzene rings is 1. The quantitative estimate of drug-likeness (QED) is 0.841. The van der Waals surface area contributed by atoms with Gasteiger partial charge in [-0.05, 0) is 50.7 Å². The highest BCUT2D eigenvalue weighted by atomic mass is 32.1. The van der Waals surface area contributed by atoms with E-state index in [4.69, 9.17) is 10.5 Å². The van der Waals surface area contributed by atoms with Crippen molar-refractivity contribution >= 4 is 16.5 Å². The van der Waals surface area contributed by atoms with Crippen LogP contribution >= 0.6 is 11.3 Å². The zero-order valence-electron chi connectivity index (χ0n) is 14.4. The molecule has 0 unspecified atom stereocenters. The summed E-state index contributed by atoms with van der Waals surface area (Å²) in [4.78, 5) is 8.16. The number of rotatable bonds is 6. The first-order valence-electron chi connectivity index (χ1n) is 8.43. The summed E-state index contributed by atoms with van der Waals surface area (Å²) >= 11 is 1.59. The zero-order valence-corrected chi connectivity index (χ0v) is 15.2. The van der Waals surface area contributed by atoms with Gasteiger partial charge in [-0.3, -0.25) is 0 Å². The van der Waals surface area contributed by atoms with E-state index < -0.39 is 0 Å².